The standard InChI is InChI=1S/C26H43N3O2/c30-26(22-17-12-8-4-5-9-13-18-22)29-20-14-19-23(29)24-27-25(31-28-24)21-15-10-6-2-1-3-7-11-16-21/h21-23H,1-20H2. The summed E-state index contributed by atoms with van der Waals surface area (Å²) in [6.07, 6.45) is 23.4. The van der Waals surface area contributed by atoms with Gasteiger partial charge in [0.25, 0.3) is 0 Å². The molecule has 3 aliphatic rings. The van der Waals surface area contributed by atoms with Crippen LogP contribution >= 0.6 is 0 Å². The molecule has 0 radical (unpaired) electrons. The summed E-state index contributed by atoms with van der Waals surface area (Å²) >= 11 is 0. The molecule has 1 atom stereocenters. The molecule has 1 amide bonds. The minimum atomic E-state index is 0.0251. The normalized spacial score (nSPS) is 26.2. The average molecular weight is 430 g/mol. The van der Waals surface area contributed by atoms with Crippen molar-refractivity contribution in [1.29, 1.82) is 0 Å². The molecule has 2 saturated carbocycles. The lowest BCUT2D eigenvalue weighted by molar-refractivity contribution is -0.137. The maximum Gasteiger partial charge on any atom is 0.229 e. The van der Waals surface area contributed by atoms with E-state index in [-0.39, 0.29) is 12.0 Å². The van der Waals surface area contributed by atoms with Gasteiger partial charge in [0.15, 0.2) is 5.82 Å². The third-order valence-corrected chi connectivity index (χ3v) is 7.95. The smallest absolute Gasteiger partial charge is 0.229 e. The van der Waals surface area contributed by atoms with Gasteiger partial charge in [0.1, 0.15) is 0 Å². The number of rotatable bonds is 3. The molecule has 0 aromatic carbocycles. The summed E-state index contributed by atoms with van der Waals surface area (Å²) < 4.78 is 5.81. The minimum absolute atomic E-state index is 0.0251. The first-order valence-electron chi connectivity index (χ1n) is 13.5. The Kier molecular flexibility index (Phi) is 8.83. The highest BCUT2D eigenvalue weighted by Gasteiger charge is 2.36. The molecule has 0 bridgehead atoms. The van der Waals surface area contributed by atoms with E-state index in [1.54, 1.807) is 0 Å². The van der Waals surface area contributed by atoms with Crippen molar-refractivity contribution in [2.24, 2.45) is 5.92 Å². The van der Waals surface area contributed by atoms with Gasteiger partial charge < -0.3 is 9.42 Å². The second-order valence-electron chi connectivity index (χ2n) is 10.3. The predicted octanol–water partition coefficient (Wildman–Crippen LogP) is 7.09. The zero-order chi connectivity index (χ0) is 21.3. The van der Waals surface area contributed by atoms with Crippen molar-refractivity contribution in [3.05, 3.63) is 11.7 Å². The van der Waals surface area contributed by atoms with Gasteiger partial charge in [0, 0.05) is 18.4 Å². The highest BCUT2D eigenvalue weighted by atomic mass is 16.5. The van der Waals surface area contributed by atoms with Crippen LogP contribution in [0.15, 0.2) is 4.52 Å². The third kappa shape index (κ3) is 6.32. The molecule has 174 valence electrons. The first kappa shape index (κ1) is 22.8. The SMILES string of the molecule is O=C(C1CCCCCCCC1)N1CCCC1c1noc(C2CCCCCCCCC2)n1. The van der Waals surface area contributed by atoms with Gasteiger partial charge in [-0.3, -0.25) is 4.79 Å². The van der Waals surface area contributed by atoms with Crippen molar-refractivity contribution in [2.45, 2.75) is 134 Å². The van der Waals surface area contributed by atoms with E-state index in [9.17, 15) is 4.79 Å². The van der Waals surface area contributed by atoms with Crippen LogP contribution in [-0.2, 0) is 4.79 Å². The highest BCUT2D eigenvalue weighted by molar-refractivity contribution is 5.79. The topological polar surface area (TPSA) is 59.2 Å². The Morgan fingerprint density at radius 2 is 1.26 bits per heavy atom. The molecule has 31 heavy (non-hydrogen) atoms. The zero-order valence-corrected chi connectivity index (χ0v) is 19.5. The molecule has 0 N–H and O–H groups in total. The van der Waals surface area contributed by atoms with Crippen molar-refractivity contribution in [3.63, 3.8) is 0 Å². The zero-order valence-electron chi connectivity index (χ0n) is 19.5. The number of aromatic nitrogens is 2. The molecule has 4 rings (SSSR count). The first-order valence-corrected chi connectivity index (χ1v) is 13.5. The molecule has 5 heteroatoms. The van der Waals surface area contributed by atoms with E-state index in [1.165, 1.54) is 83.5 Å². The molecule has 1 aromatic heterocycles. The van der Waals surface area contributed by atoms with Gasteiger partial charge in [-0.05, 0) is 38.5 Å². The summed E-state index contributed by atoms with van der Waals surface area (Å²) in [7, 11) is 0. The van der Waals surface area contributed by atoms with Crippen LogP contribution < -0.4 is 0 Å². The van der Waals surface area contributed by atoms with E-state index in [0.29, 0.717) is 11.8 Å². The Morgan fingerprint density at radius 1 is 0.710 bits per heavy atom. The van der Waals surface area contributed by atoms with E-state index in [0.717, 1.165) is 56.8 Å². The van der Waals surface area contributed by atoms with Gasteiger partial charge >= 0.3 is 0 Å². The molecule has 3 fully saturated rings. The number of hydrogen-bond acceptors (Lipinski definition) is 4. The Balaban J connectivity index is 1.41. The monoisotopic (exact) mass is 429 g/mol. The van der Waals surface area contributed by atoms with E-state index in [4.69, 9.17) is 9.51 Å². The predicted molar refractivity (Wildman–Crippen MR) is 123 cm³/mol. The largest absolute Gasteiger partial charge is 0.339 e. The summed E-state index contributed by atoms with van der Waals surface area (Å²) in [4.78, 5) is 20.5. The van der Waals surface area contributed by atoms with Crippen LogP contribution in [-0.4, -0.2) is 27.5 Å². The summed E-state index contributed by atoms with van der Waals surface area (Å²) in [5.74, 6) is 2.55. The lowest BCUT2D eigenvalue weighted by Gasteiger charge is -2.27. The lowest BCUT2D eigenvalue weighted by Crippen LogP contribution is -2.36. The van der Waals surface area contributed by atoms with E-state index < -0.39 is 0 Å². The number of carbonyl (C=O) groups excluding carboxylic acids is 1. The maximum absolute atomic E-state index is 13.5. The number of likely N-dealkylation sites (tertiary alicyclic amines) is 1. The Morgan fingerprint density at radius 3 is 1.87 bits per heavy atom. The summed E-state index contributed by atoms with van der Waals surface area (Å²) in [6.45, 7) is 0.854. The van der Waals surface area contributed by atoms with Crippen LogP contribution in [0.4, 0.5) is 0 Å². The molecule has 1 aromatic rings. The van der Waals surface area contributed by atoms with Crippen molar-refractivity contribution in [2.75, 3.05) is 6.54 Å². The van der Waals surface area contributed by atoms with Gasteiger partial charge in [0.05, 0.1) is 6.04 Å². The van der Waals surface area contributed by atoms with Gasteiger partial charge in [-0.1, -0.05) is 88.6 Å². The second kappa shape index (κ2) is 12.0. The quantitative estimate of drug-likeness (QED) is 0.514. The fourth-order valence-corrected chi connectivity index (χ4v) is 6.02. The van der Waals surface area contributed by atoms with E-state index >= 15 is 0 Å². The summed E-state index contributed by atoms with van der Waals surface area (Å²) in [5.41, 5.74) is 0. The Labute approximate surface area is 188 Å². The van der Waals surface area contributed by atoms with E-state index in [2.05, 4.69) is 10.1 Å². The van der Waals surface area contributed by atoms with Crippen LogP contribution in [0, 0.1) is 5.92 Å². The summed E-state index contributed by atoms with van der Waals surface area (Å²) in [5, 5.41) is 4.42. The Hall–Kier alpha value is -1.39. The minimum Gasteiger partial charge on any atom is -0.339 e. The van der Waals surface area contributed by atoms with Crippen LogP contribution in [0.2, 0.25) is 0 Å². The molecular weight excluding hydrogens is 386 g/mol. The number of hydrogen-bond donors (Lipinski definition) is 0. The Bertz CT molecular complexity index is 653. The molecule has 1 aliphatic heterocycles. The molecule has 2 aliphatic carbocycles. The van der Waals surface area contributed by atoms with Crippen LogP contribution in [0.5, 0.6) is 0 Å². The van der Waals surface area contributed by atoms with Crippen molar-refractivity contribution < 1.29 is 9.32 Å². The fourth-order valence-electron chi connectivity index (χ4n) is 6.02. The van der Waals surface area contributed by atoms with Gasteiger partial charge in [0.2, 0.25) is 11.8 Å². The highest BCUT2D eigenvalue weighted by Crippen LogP contribution is 2.36. The van der Waals surface area contributed by atoms with Crippen LogP contribution in [0.1, 0.15) is 146 Å². The third-order valence-electron chi connectivity index (χ3n) is 7.95. The lowest BCUT2D eigenvalue weighted by atomic mass is 9.92. The second-order valence-corrected chi connectivity index (χ2v) is 10.3. The molecule has 5 nitrogen and oxygen atoms in total. The van der Waals surface area contributed by atoms with Crippen molar-refractivity contribution in [3.8, 4) is 0 Å². The average Bonchev–Trinajstić information content (AvgIpc) is 3.48. The van der Waals surface area contributed by atoms with E-state index in [1.807, 2.05) is 0 Å². The van der Waals surface area contributed by atoms with Crippen molar-refractivity contribution >= 4 is 5.91 Å². The van der Waals surface area contributed by atoms with Gasteiger partial charge in [-0.15, -0.1) is 0 Å². The van der Waals surface area contributed by atoms with Gasteiger partial charge in [-0.25, -0.2) is 0 Å². The number of carbonyl (C=O) groups is 1. The molecule has 1 unspecified atom stereocenters. The van der Waals surface area contributed by atoms with Crippen LogP contribution in [0.3, 0.4) is 0 Å². The van der Waals surface area contributed by atoms with Gasteiger partial charge in [-0.2, -0.15) is 4.98 Å². The summed E-state index contributed by atoms with van der Waals surface area (Å²) in [6, 6.07) is 0.0251. The van der Waals surface area contributed by atoms with Crippen LogP contribution in [0.25, 0.3) is 0 Å². The fraction of sp³-hybridized carbons (Fsp3) is 0.885. The molecule has 1 saturated heterocycles. The molecule has 0 spiro atoms. The maximum atomic E-state index is 13.5. The number of amides is 1. The molecule has 2 heterocycles. The first-order chi connectivity index (χ1) is 15.3. The van der Waals surface area contributed by atoms with Crippen molar-refractivity contribution in [1.82, 2.24) is 15.0 Å². The molecular formula is C26H43N3O2. The number of nitrogens with zero attached hydrogens (tertiary/aromatic N) is 3.